The number of carbonyl (C=O) groups is 1. The summed E-state index contributed by atoms with van der Waals surface area (Å²) in [6, 6.07) is 15.6. The molecule has 1 aliphatic heterocycles. The van der Waals surface area contributed by atoms with E-state index < -0.39 is 0 Å². The summed E-state index contributed by atoms with van der Waals surface area (Å²) >= 11 is 1.52. The van der Waals surface area contributed by atoms with Gasteiger partial charge in [-0.1, -0.05) is 6.07 Å². The van der Waals surface area contributed by atoms with Gasteiger partial charge in [0.1, 0.15) is 5.82 Å². The second-order valence-corrected chi connectivity index (χ2v) is 8.32. The minimum absolute atomic E-state index is 0.124. The van der Waals surface area contributed by atoms with Crippen molar-refractivity contribution >= 4 is 39.6 Å². The normalized spacial score (nSPS) is 13.6. The van der Waals surface area contributed by atoms with E-state index in [0.717, 1.165) is 33.3 Å². The topological polar surface area (TPSA) is 61.4 Å². The zero-order chi connectivity index (χ0) is 22.1. The number of hydrogen-bond acceptors (Lipinski definition) is 5. The lowest BCUT2D eigenvalue weighted by Gasteiger charge is -2.20. The SMILES string of the molecule is Cc1ccc(N2CCN(c3ccc(F)cc3)C2=O)cc1Nc1nc(-c2ccncc2)cs1. The highest BCUT2D eigenvalue weighted by Gasteiger charge is 2.31. The first kappa shape index (κ1) is 20.1. The molecule has 3 heterocycles. The summed E-state index contributed by atoms with van der Waals surface area (Å²) in [5.74, 6) is -0.319. The van der Waals surface area contributed by atoms with Crippen LogP contribution >= 0.6 is 11.3 Å². The van der Waals surface area contributed by atoms with Gasteiger partial charge in [0.05, 0.1) is 5.69 Å². The minimum atomic E-state index is -0.319. The molecule has 1 fully saturated rings. The molecule has 8 heteroatoms. The van der Waals surface area contributed by atoms with E-state index in [0.29, 0.717) is 18.8 Å². The lowest BCUT2D eigenvalue weighted by Crippen LogP contribution is -2.31. The summed E-state index contributed by atoms with van der Waals surface area (Å²) in [5.41, 5.74) is 5.34. The fourth-order valence-corrected chi connectivity index (χ4v) is 4.38. The standard InChI is InChI=1S/C24H20FN5OS/c1-16-2-5-20(30-13-12-29(24(30)31)19-6-3-18(25)4-7-19)14-21(16)27-23-28-22(15-32-23)17-8-10-26-11-9-17/h2-11,14-15H,12-13H2,1H3,(H,27,28). The number of nitrogens with zero attached hydrogens (tertiary/aromatic N) is 4. The van der Waals surface area contributed by atoms with Crippen LogP contribution in [0.15, 0.2) is 72.4 Å². The zero-order valence-electron chi connectivity index (χ0n) is 17.3. The van der Waals surface area contributed by atoms with E-state index in [9.17, 15) is 9.18 Å². The predicted molar refractivity (Wildman–Crippen MR) is 126 cm³/mol. The number of benzene rings is 2. The van der Waals surface area contributed by atoms with Crippen molar-refractivity contribution in [2.45, 2.75) is 6.92 Å². The van der Waals surface area contributed by atoms with Crippen LogP contribution in [-0.2, 0) is 0 Å². The molecule has 0 saturated carbocycles. The zero-order valence-corrected chi connectivity index (χ0v) is 18.1. The Morgan fingerprint density at radius 3 is 2.41 bits per heavy atom. The molecule has 1 N–H and O–H groups in total. The Kier molecular flexibility index (Phi) is 5.28. The molecular formula is C24H20FN5OS. The highest BCUT2D eigenvalue weighted by molar-refractivity contribution is 7.14. The average Bonchev–Trinajstić information content (AvgIpc) is 3.43. The number of anilines is 4. The largest absolute Gasteiger partial charge is 0.331 e. The average molecular weight is 446 g/mol. The summed E-state index contributed by atoms with van der Waals surface area (Å²) in [4.78, 5) is 25.1. The molecule has 32 heavy (non-hydrogen) atoms. The number of aromatic nitrogens is 2. The Hall–Kier alpha value is -3.78. The van der Waals surface area contributed by atoms with Gasteiger partial charge in [-0.3, -0.25) is 14.8 Å². The first-order valence-corrected chi connectivity index (χ1v) is 11.0. The molecule has 0 radical (unpaired) electrons. The maximum absolute atomic E-state index is 13.2. The van der Waals surface area contributed by atoms with Crippen molar-refractivity contribution < 1.29 is 9.18 Å². The second-order valence-electron chi connectivity index (χ2n) is 7.46. The van der Waals surface area contributed by atoms with Gasteiger partial charge >= 0.3 is 6.03 Å². The van der Waals surface area contributed by atoms with Crippen LogP contribution in [0.2, 0.25) is 0 Å². The number of amides is 2. The minimum Gasteiger partial charge on any atom is -0.331 e. The van der Waals surface area contributed by atoms with Crippen molar-refractivity contribution in [2.24, 2.45) is 0 Å². The molecule has 6 nitrogen and oxygen atoms in total. The summed E-state index contributed by atoms with van der Waals surface area (Å²) in [5, 5.41) is 6.17. The van der Waals surface area contributed by atoms with Crippen molar-refractivity contribution in [3.05, 3.63) is 83.8 Å². The fourth-order valence-electron chi connectivity index (χ4n) is 3.65. The Bertz CT molecular complexity index is 1260. The van der Waals surface area contributed by atoms with Crippen LogP contribution in [0.25, 0.3) is 11.3 Å². The van der Waals surface area contributed by atoms with Gasteiger partial charge in [0.25, 0.3) is 0 Å². The van der Waals surface area contributed by atoms with Crippen molar-refractivity contribution in [3.8, 4) is 11.3 Å². The number of hydrogen-bond donors (Lipinski definition) is 1. The Morgan fingerprint density at radius 1 is 0.969 bits per heavy atom. The van der Waals surface area contributed by atoms with Gasteiger partial charge < -0.3 is 5.32 Å². The Balaban J connectivity index is 1.36. The van der Waals surface area contributed by atoms with Crippen LogP contribution in [0.3, 0.4) is 0 Å². The third-order valence-corrected chi connectivity index (χ3v) is 6.16. The quantitative estimate of drug-likeness (QED) is 0.419. The van der Waals surface area contributed by atoms with Gasteiger partial charge in [-0.05, 0) is 61.0 Å². The van der Waals surface area contributed by atoms with E-state index in [-0.39, 0.29) is 11.8 Å². The first-order chi connectivity index (χ1) is 15.6. The van der Waals surface area contributed by atoms with Crippen molar-refractivity contribution in [1.82, 2.24) is 9.97 Å². The van der Waals surface area contributed by atoms with E-state index >= 15 is 0 Å². The van der Waals surface area contributed by atoms with Crippen LogP contribution in [0.4, 0.5) is 31.4 Å². The number of carbonyl (C=O) groups excluding carboxylic acids is 1. The molecule has 0 unspecified atom stereocenters. The van der Waals surface area contributed by atoms with Gasteiger partial charge in [0.15, 0.2) is 5.13 Å². The molecular weight excluding hydrogens is 425 g/mol. The predicted octanol–water partition coefficient (Wildman–Crippen LogP) is 5.84. The molecule has 2 amide bonds. The summed E-state index contributed by atoms with van der Waals surface area (Å²) in [6.45, 7) is 3.12. The molecule has 2 aromatic carbocycles. The number of urea groups is 1. The third kappa shape index (κ3) is 3.92. The van der Waals surface area contributed by atoms with Crippen LogP contribution in [0.1, 0.15) is 5.56 Å². The monoisotopic (exact) mass is 445 g/mol. The highest BCUT2D eigenvalue weighted by atomic mass is 32.1. The number of nitrogens with one attached hydrogen (secondary N) is 1. The number of rotatable bonds is 5. The van der Waals surface area contributed by atoms with Gasteiger partial charge in [-0.25, -0.2) is 14.2 Å². The molecule has 2 aromatic heterocycles. The summed E-state index contributed by atoms with van der Waals surface area (Å²) in [6.07, 6.45) is 3.50. The summed E-state index contributed by atoms with van der Waals surface area (Å²) < 4.78 is 13.2. The molecule has 4 aromatic rings. The molecule has 0 atom stereocenters. The highest BCUT2D eigenvalue weighted by Crippen LogP contribution is 2.32. The Morgan fingerprint density at radius 2 is 1.66 bits per heavy atom. The number of pyridine rings is 1. The van der Waals surface area contributed by atoms with Crippen LogP contribution in [-0.4, -0.2) is 29.1 Å². The smallest absolute Gasteiger partial charge is 0.329 e. The lowest BCUT2D eigenvalue weighted by atomic mass is 10.1. The lowest BCUT2D eigenvalue weighted by molar-refractivity contribution is 0.256. The fraction of sp³-hybridized carbons (Fsp3) is 0.125. The van der Waals surface area contributed by atoms with Gasteiger partial charge in [0, 0.05) is 53.5 Å². The Labute approximate surface area is 189 Å². The molecule has 0 aliphatic carbocycles. The van der Waals surface area contributed by atoms with Crippen LogP contribution in [0.5, 0.6) is 0 Å². The first-order valence-electron chi connectivity index (χ1n) is 10.2. The molecule has 1 aliphatic rings. The molecule has 0 bridgehead atoms. The molecule has 160 valence electrons. The molecule has 0 spiro atoms. The van der Waals surface area contributed by atoms with Crippen LogP contribution in [0, 0.1) is 12.7 Å². The van der Waals surface area contributed by atoms with E-state index in [2.05, 4.69) is 15.3 Å². The van der Waals surface area contributed by atoms with Gasteiger partial charge in [0.2, 0.25) is 0 Å². The number of aryl methyl sites for hydroxylation is 1. The number of halogens is 1. The maximum Gasteiger partial charge on any atom is 0.329 e. The van der Waals surface area contributed by atoms with Crippen molar-refractivity contribution in [1.29, 1.82) is 0 Å². The second kappa shape index (κ2) is 8.39. The molecule has 5 rings (SSSR count). The van der Waals surface area contributed by atoms with Crippen LogP contribution < -0.4 is 15.1 Å². The maximum atomic E-state index is 13.2. The third-order valence-electron chi connectivity index (χ3n) is 5.40. The summed E-state index contributed by atoms with van der Waals surface area (Å²) in [7, 11) is 0. The van der Waals surface area contributed by atoms with Crippen molar-refractivity contribution in [3.63, 3.8) is 0 Å². The van der Waals surface area contributed by atoms with E-state index in [1.165, 1.54) is 23.5 Å². The molecule has 1 saturated heterocycles. The van der Waals surface area contributed by atoms with E-state index in [1.54, 1.807) is 34.3 Å². The van der Waals surface area contributed by atoms with E-state index in [4.69, 9.17) is 0 Å². The van der Waals surface area contributed by atoms with Crippen molar-refractivity contribution in [2.75, 3.05) is 28.2 Å². The van der Waals surface area contributed by atoms with Gasteiger partial charge in [-0.2, -0.15) is 0 Å². The van der Waals surface area contributed by atoms with Gasteiger partial charge in [-0.15, -0.1) is 11.3 Å². The van der Waals surface area contributed by atoms with E-state index in [1.807, 2.05) is 42.6 Å². The number of thiazole rings is 1.